The Labute approximate surface area is 197 Å². The molecule has 5 heteroatoms. The van der Waals surface area contributed by atoms with Crippen LogP contribution in [-0.2, 0) is 7.05 Å². The van der Waals surface area contributed by atoms with E-state index in [1.165, 1.54) is 6.42 Å². The first-order valence-electron chi connectivity index (χ1n) is 12.1. The van der Waals surface area contributed by atoms with Gasteiger partial charge in [0.15, 0.2) is 0 Å². The first-order chi connectivity index (χ1) is 15.8. The fourth-order valence-electron chi connectivity index (χ4n) is 4.99. The molecule has 1 aliphatic rings. The Morgan fingerprint density at radius 1 is 1.24 bits per heavy atom. The summed E-state index contributed by atoms with van der Waals surface area (Å²) in [5.41, 5.74) is 6.08. The molecule has 1 unspecified atom stereocenters. The number of rotatable bonds is 6. The van der Waals surface area contributed by atoms with E-state index in [1.807, 2.05) is 39.1 Å². The van der Waals surface area contributed by atoms with E-state index in [1.54, 1.807) is 4.57 Å². The summed E-state index contributed by atoms with van der Waals surface area (Å²) >= 11 is 0. The van der Waals surface area contributed by atoms with Crippen LogP contribution in [0.25, 0.3) is 16.5 Å². The average molecular weight is 445 g/mol. The molecule has 1 aliphatic heterocycles. The van der Waals surface area contributed by atoms with Gasteiger partial charge >= 0.3 is 0 Å². The number of piperidine rings is 1. The third kappa shape index (κ3) is 4.54. The maximum absolute atomic E-state index is 13.4. The van der Waals surface area contributed by atoms with E-state index >= 15 is 0 Å². The van der Waals surface area contributed by atoms with Gasteiger partial charge in [-0.1, -0.05) is 44.2 Å². The SMILES string of the molecule is C=C(C)c1ccccc1NC(C)c1cc(C)cc2c(=O)n(C)c(N3CCC(CC)CC3)nc12. The summed E-state index contributed by atoms with van der Waals surface area (Å²) < 4.78 is 1.73. The van der Waals surface area contributed by atoms with Gasteiger partial charge in [0.25, 0.3) is 5.56 Å². The zero-order chi connectivity index (χ0) is 23.7. The van der Waals surface area contributed by atoms with Crippen molar-refractivity contribution in [3.63, 3.8) is 0 Å². The number of para-hydroxylation sites is 1. The molecule has 0 radical (unpaired) electrons. The van der Waals surface area contributed by atoms with Crippen molar-refractivity contribution in [3.8, 4) is 0 Å². The fraction of sp³-hybridized carbons (Fsp3) is 0.429. The van der Waals surface area contributed by atoms with Crippen LogP contribution < -0.4 is 15.8 Å². The number of nitrogens with zero attached hydrogens (tertiary/aromatic N) is 3. The molecule has 0 spiro atoms. The highest BCUT2D eigenvalue weighted by Gasteiger charge is 2.23. The summed E-state index contributed by atoms with van der Waals surface area (Å²) in [5, 5.41) is 4.33. The van der Waals surface area contributed by atoms with Crippen LogP contribution in [0, 0.1) is 12.8 Å². The molecule has 0 bridgehead atoms. The number of aromatic nitrogens is 2. The normalized spacial score (nSPS) is 15.6. The lowest BCUT2D eigenvalue weighted by molar-refractivity contribution is 0.390. The molecule has 174 valence electrons. The third-order valence-electron chi connectivity index (χ3n) is 7.03. The van der Waals surface area contributed by atoms with Gasteiger partial charge in [0.2, 0.25) is 5.95 Å². The first-order valence-corrected chi connectivity index (χ1v) is 12.1. The molecule has 33 heavy (non-hydrogen) atoms. The van der Waals surface area contributed by atoms with E-state index in [2.05, 4.69) is 48.8 Å². The Bertz CT molecular complexity index is 1230. The summed E-state index contributed by atoms with van der Waals surface area (Å²) in [6, 6.07) is 12.3. The summed E-state index contributed by atoms with van der Waals surface area (Å²) in [7, 11) is 1.85. The van der Waals surface area contributed by atoms with Crippen molar-refractivity contribution in [2.24, 2.45) is 13.0 Å². The second-order valence-corrected chi connectivity index (χ2v) is 9.56. The minimum atomic E-state index is -0.0221. The topological polar surface area (TPSA) is 50.2 Å². The van der Waals surface area contributed by atoms with Gasteiger partial charge in [-0.05, 0) is 68.4 Å². The van der Waals surface area contributed by atoms with Crippen molar-refractivity contribution in [2.45, 2.75) is 53.0 Å². The van der Waals surface area contributed by atoms with Crippen LogP contribution in [0.1, 0.15) is 62.8 Å². The smallest absolute Gasteiger partial charge is 0.262 e. The summed E-state index contributed by atoms with van der Waals surface area (Å²) in [6.45, 7) is 14.5. The number of anilines is 2. The molecule has 3 aromatic rings. The van der Waals surface area contributed by atoms with Crippen molar-refractivity contribution in [1.29, 1.82) is 0 Å². The summed E-state index contributed by atoms with van der Waals surface area (Å²) in [6.07, 6.45) is 3.53. The zero-order valence-electron chi connectivity index (χ0n) is 20.6. The maximum Gasteiger partial charge on any atom is 0.262 e. The molecule has 5 nitrogen and oxygen atoms in total. The molecule has 1 fully saturated rings. The number of aryl methyl sites for hydroxylation is 1. The Balaban J connectivity index is 1.78. The van der Waals surface area contributed by atoms with Crippen molar-refractivity contribution in [2.75, 3.05) is 23.3 Å². The van der Waals surface area contributed by atoms with Crippen LogP contribution in [0.4, 0.5) is 11.6 Å². The minimum absolute atomic E-state index is 0.0205. The Hall–Kier alpha value is -3.08. The number of benzene rings is 2. The van der Waals surface area contributed by atoms with Crippen molar-refractivity contribution in [3.05, 3.63) is 70.0 Å². The fourth-order valence-corrected chi connectivity index (χ4v) is 4.99. The molecule has 0 saturated carbocycles. The molecule has 4 rings (SSSR count). The van der Waals surface area contributed by atoms with Gasteiger partial charge in [-0.3, -0.25) is 9.36 Å². The Morgan fingerprint density at radius 3 is 2.61 bits per heavy atom. The molecule has 2 heterocycles. The molecule has 1 saturated heterocycles. The van der Waals surface area contributed by atoms with E-state index in [-0.39, 0.29) is 11.6 Å². The highest BCUT2D eigenvalue weighted by Crippen LogP contribution is 2.31. The lowest BCUT2D eigenvalue weighted by Crippen LogP contribution is -2.38. The number of fused-ring (bicyclic) bond motifs is 1. The van der Waals surface area contributed by atoms with E-state index < -0.39 is 0 Å². The highest BCUT2D eigenvalue weighted by molar-refractivity contribution is 5.84. The highest BCUT2D eigenvalue weighted by atomic mass is 16.1. The van der Waals surface area contributed by atoms with Gasteiger partial charge < -0.3 is 10.2 Å². The molecular weight excluding hydrogens is 408 g/mol. The number of hydrogen-bond donors (Lipinski definition) is 1. The molecule has 0 aliphatic carbocycles. The molecule has 1 N–H and O–H groups in total. The van der Waals surface area contributed by atoms with Crippen LogP contribution in [0.15, 0.2) is 47.8 Å². The summed E-state index contributed by atoms with van der Waals surface area (Å²) in [5.74, 6) is 1.55. The van der Waals surface area contributed by atoms with Crippen molar-refractivity contribution in [1.82, 2.24) is 9.55 Å². The van der Waals surface area contributed by atoms with Crippen LogP contribution in [0.3, 0.4) is 0 Å². The molecule has 1 atom stereocenters. The van der Waals surface area contributed by atoms with Crippen LogP contribution >= 0.6 is 0 Å². The van der Waals surface area contributed by atoms with Gasteiger partial charge in [0, 0.05) is 31.4 Å². The third-order valence-corrected chi connectivity index (χ3v) is 7.03. The van der Waals surface area contributed by atoms with Gasteiger partial charge in [-0.15, -0.1) is 0 Å². The molecule has 0 amide bonds. The van der Waals surface area contributed by atoms with E-state index in [0.717, 1.165) is 71.3 Å². The molecule has 2 aromatic carbocycles. The van der Waals surface area contributed by atoms with Crippen molar-refractivity contribution >= 4 is 28.1 Å². The zero-order valence-corrected chi connectivity index (χ0v) is 20.6. The van der Waals surface area contributed by atoms with E-state index in [0.29, 0.717) is 5.39 Å². The van der Waals surface area contributed by atoms with E-state index in [9.17, 15) is 4.79 Å². The van der Waals surface area contributed by atoms with Gasteiger partial charge in [-0.2, -0.15) is 0 Å². The monoisotopic (exact) mass is 444 g/mol. The standard InChI is InChI=1S/C28H36N4O/c1-7-21-12-14-32(15-13-21)28-30-26-23(16-19(4)17-24(26)27(33)31(28)6)20(5)29-25-11-9-8-10-22(25)18(2)3/h8-11,16-17,20-21,29H,2,7,12-15H2,1,3-6H3. The first kappa shape index (κ1) is 23.1. The van der Waals surface area contributed by atoms with Gasteiger partial charge in [0.1, 0.15) is 0 Å². The van der Waals surface area contributed by atoms with Gasteiger partial charge in [-0.25, -0.2) is 4.98 Å². The maximum atomic E-state index is 13.4. The number of hydrogen-bond acceptors (Lipinski definition) is 4. The Kier molecular flexibility index (Phi) is 6.59. The van der Waals surface area contributed by atoms with Gasteiger partial charge in [0.05, 0.1) is 16.9 Å². The largest absolute Gasteiger partial charge is 0.378 e. The average Bonchev–Trinajstić information content (AvgIpc) is 2.81. The number of allylic oxidation sites excluding steroid dienone is 1. The Morgan fingerprint density at radius 2 is 1.94 bits per heavy atom. The van der Waals surface area contributed by atoms with Crippen LogP contribution in [0.2, 0.25) is 0 Å². The second-order valence-electron chi connectivity index (χ2n) is 9.56. The quantitative estimate of drug-likeness (QED) is 0.501. The van der Waals surface area contributed by atoms with Crippen LogP contribution in [-0.4, -0.2) is 22.6 Å². The summed E-state index contributed by atoms with van der Waals surface area (Å²) in [4.78, 5) is 20.8. The predicted octanol–water partition coefficient (Wildman–Crippen LogP) is 6.07. The predicted molar refractivity (Wildman–Crippen MR) is 140 cm³/mol. The lowest BCUT2D eigenvalue weighted by atomic mass is 9.94. The van der Waals surface area contributed by atoms with Crippen LogP contribution in [0.5, 0.6) is 0 Å². The molecular formula is C28H36N4O. The minimum Gasteiger partial charge on any atom is -0.378 e. The number of nitrogens with one attached hydrogen (secondary N) is 1. The van der Waals surface area contributed by atoms with Crippen molar-refractivity contribution < 1.29 is 0 Å². The lowest BCUT2D eigenvalue weighted by Gasteiger charge is -2.33. The second kappa shape index (κ2) is 9.42. The van der Waals surface area contributed by atoms with E-state index in [4.69, 9.17) is 4.98 Å². The molecule has 1 aromatic heterocycles.